The fourth-order valence-corrected chi connectivity index (χ4v) is 4.09. The molecule has 3 rings (SSSR count). The van der Waals surface area contributed by atoms with Crippen molar-refractivity contribution >= 4 is 63.0 Å². The third kappa shape index (κ3) is 4.81. The van der Waals surface area contributed by atoms with Crippen LogP contribution in [0.5, 0.6) is 0 Å². The molecule has 0 unspecified atom stereocenters. The molecule has 1 aromatic heterocycles. The molecule has 0 radical (unpaired) electrons. The molecule has 3 aromatic rings. The number of halogens is 2. The Labute approximate surface area is 186 Å². The third-order valence-electron chi connectivity index (χ3n) is 4.16. The van der Waals surface area contributed by atoms with E-state index in [9.17, 15) is 14.4 Å². The van der Waals surface area contributed by atoms with Crippen LogP contribution < -0.4 is 10.6 Å². The molecule has 6 nitrogen and oxygen atoms in total. The largest absolute Gasteiger partial charge is 0.465 e. The van der Waals surface area contributed by atoms with Gasteiger partial charge in [-0.3, -0.25) is 9.59 Å². The van der Waals surface area contributed by atoms with E-state index in [-0.39, 0.29) is 15.4 Å². The Morgan fingerprint density at radius 2 is 1.63 bits per heavy atom. The van der Waals surface area contributed by atoms with Crippen molar-refractivity contribution in [3.8, 4) is 0 Å². The molecule has 0 aliphatic carbocycles. The van der Waals surface area contributed by atoms with E-state index in [4.69, 9.17) is 27.9 Å². The topological polar surface area (TPSA) is 84.5 Å². The van der Waals surface area contributed by atoms with Gasteiger partial charge in [-0.15, -0.1) is 11.3 Å². The van der Waals surface area contributed by atoms with Gasteiger partial charge in [0.15, 0.2) is 0 Å². The zero-order valence-corrected chi connectivity index (χ0v) is 18.2. The van der Waals surface area contributed by atoms with Gasteiger partial charge in [-0.25, -0.2) is 4.79 Å². The van der Waals surface area contributed by atoms with Crippen molar-refractivity contribution in [1.82, 2.24) is 0 Å². The summed E-state index contributed by atoms with van der Waals surface area (Å²) in [7, 11) is 1.23. The number of benzene rings is 2. The number of hydrogen-bond acceptors (Lipinski definition) is 5. The molecule has 0 saturated heterocycles. The van der Waals surface area contributed by atoms with Gasteiger partial charge < -0.3 is 15.4 Å². The highest BCUT2D eigenvalue weighted by molar-refractivity contribution is 7.19. The van der Waals surface area contributed by atoms with Crippen molar-refractivity contribution in [2.75, 3.05) is 17.7 Å². The van der Waals surface area contributed by atoms with Gasteiger partial charge in [-0.05, 0) is 55.0 Å². The summed E-state index contributed by atoms with van der Waals surface area (Å²) in [6, 6.07) is 13.0. The molecule has 9 heteroatoms. The van der Waals surface area contributed by atoms with Gasteiger partial charge in [-0.1, -0.05) is 29.3 Å². The Kier molecular flexibility index (Phi) is 6.77. The normalized spacial score (nSPS) is 10.4. The minimum Gasteiger partial charge on any atom is -0.465 e. The second kappa shape index (κ2) is 9.30. The monoisotopic (exact) mass is 462 g/mol. The molecular formula is C21H16Cl2N2O4S. The summed E-state index contributed by atoms with van der Waals surface area (Å²) in [5, 5.41) is 6.58. The van der Waals surface area contributed by atoms with Crippen LogP contribution in [-0.2, 0) is 4.74 Å². The smallest absolute Gasteiger partial charge is 0.341 e. The van der Waals surface area contributed by atoms with Crippen molar-refractivity contribution in [3.63, 3.8) is 0 Å². The number of rotatable bonds is 5. The number of ether oxygens (including phenoxy) is 1. The Balaban J connectivity index is 1.93. The number of methoxy groups -OCH3 is 1. The first-order chi connectivity index (χ1) is 14.3. The zero-order valence-electron chi connectivity index (χ0n) is 15.9. The molecule has 1 heterocycles. The van der Waals surface area contributed by atoms with E-state index >= 15 is 0 Å². The highest BCUT2D eigenvalue weighted by Crippen LogP contribution is 2.34. The number of anilines is 2. The van der Waals surface area contributed by atoms with Crippen LogP contribution in [0.15, 0.2) is 48.5 Å². The second-order valence-corrected chi connectivity index (χ2v) is 8.07. The van der Waals surface area contributed by atoms with Crippen LogP contribution in [0.3, 0.4) is 0 Å². The van der Waals surface area contributed by atoms with Gasteiger partial charge >= 0.3 is 5.97 Å². The van der Waals surface area contributed by atoms with Gasteiger partial charge in [-0.2, -0.15) is 0 Å². The fourth-order valence-electron chi connectivity index (χ4n) is 2.69. The van der Waals surface area contributed by atoms with Crippen LogP contribution in [0.1, 0.15) is 36.0 Å². The van der Waals surface area contributed by atoms with Gasteiger partial charge in [0.2, 0.25) is 0 Å². The Morgan fingerprint density at radius 3 is 2.27 bits per heavy atom. The Bertz CT molecular complexity index is 1130. The second-order valence-electron chi connectivity index (χ2n) is 6.18. The minimum absolute atomic E-state index is 0.124. The fraction of sp³-hybridized carbons (Fsp3) is 0.0952. The van der Waals surface area contributed by atoms with E-state index in [1.165, 1.54) is 13.2 Å². The van der Waals surface area contributed by atoms with Gasteiger partial charge in [0.1, 0.15) is 5.00 Å². The van der Waals surface area contributed by atoms with Crippen LogP contribution in [0, 0.1) is 6.92 Å². The number of hydrogen-bond donors (Lipinski definition) is 2. The van der Waals surface area contributed by atoms with Crippen molar-refractivity contribution in [2.24, 2.45) is 0 Å². The maximum atomic E-state index is 12.8. The van der Waals surface area contributed by atoms with Gasteiger partial charge in [0.05, 0.1) is 17.6 Å². The summed E-state index contributed by atoms with van der Waals surface area (Å²) >= 11 is 12.8. The Morgan fingerprint density at radius 1 is 0.933 bits per heavy atom. The number of thiophene rings is 1. The molecule has 2 amide bonds. The van der Waals surface area contributed by atoms with Crippen molar-refractivity contribution in [2.45, 2.75) is 6.92 Å². The number of esters is 1. The minimum atomic E-state index is -0.657. The summed E-state index contributed by atoms with van der Waals surface area (Å²) in [6.07, 6.45) is 0. The lowest BCUT2D eigenvalue weighted by molar-refractivity contribution is 0.0601. The van der Waals surface area contributed by atoms with Crippen molar-refractivity contribution < 1.29 is 19.1 Å². The first-order valence-electron chi connectivity index (χ1n) is 8.65. The van der Waals surface area contributed by atoms with E-state index in [1.54, 1.807) is 49.4 Å². The van der Waals surface area contributed by atoms with Crippen LogP contribution in [0.2, 0.25) is 10.0 Å². The van der Waals surface area contributed by atoms with Crippen LogP contribution >= 0.6 is 34.5 Å². The Hall–Kier alpha value is -2.87. The van der Waals surface area contributed by atoms with E-state index in [2.05, 4.69) is 10.6 Å². The first kappa shape index (κ1) is 21.8. The standard InChI is InChI=1S/C21H16Cl2N2O4S/c1-11-16(21(28)29-2)20(25-18(26)12-4-3-5-14(23)10-12)30-17(11)19(27)24-15-8-6-13(22)7-9-15/h3-10H,1-2H3,(H,24,27)(H,25,26). The zero-order chi connectivity index (χ0) is 21.8. The van der Waals surface area contributed by atoms with Gasteiger partial charge in [0.25, 0.3) is 11.8 Å². The molecule has 0 bridgehead atoms. The van der Waals surface area contributed by atoms with Crippen LogP contribution in [0.25, 0.3) is 0 Å². The summed E-state index contributed by atoms with van der Waals surface area (Å²) in [4.78, 5) is 38.0. The summed E-state index contributed by atoms with van der Waals surface area (Å²) in [5.41, 5.74) is 1.39. The lowest BCUT2D eigenvalue weighted by Gasteiger charge is -2.06. The lowest BCUT2D eigenvalue weighted by atomic mass is 10.1. The average molecular weight is 463 g/mol. The highest BCUT2D eigenvalue weighted by Gasteiger charge is 2.26. The van der Waals surface area contributed by atoms with Crippen molar-refractivity contribution in [1.29, 1.82) is 0 Å². The first-order valence-corrected chi connectivity index (χ1v) is 10.2. The number of carbonyl (C=O) groups excluding carboxylic acids is 3. The van der Waals surface area contributed by atoms with Crippen LogP contribution in [0.4, 0.5) is 10.7 Å². The summed E-state index contributed by atoms with van der Waals surface area (Å²) < 4.78 is 4.84. The predicted octanol–water partition coefficient (Wildman–Crippen LogP) is 5.65. The molecule has 0 spiro atoms. The van der Waals surface area contributed by atoms with E-state index in [1.807, 2.05) is 0 Å². The van der Waals surface area contributed by atoms with E-state index in [0.717, 1.165) is 11.3 Å². The molecule has 0 fully saturated rings. The van der Waals surface area contributed by atoms with Crippen molar-refractivity contribution in [3.05, 3.63) is 80.1 Å². The molecule has 0 atom stereocenters. The maximum Gasteiger partial charge on any atom is 0.341 e. The molecule has 0 saturated carbocycles. The molecule has 30 heavy (non-hydrogen) atoms. The predicted molar refractivity (Wildman–Crippen MR) is 119 cm³/mol. The number of carbonyl (C=O) groups is 3. The summed E-state index contributed by atoms with van der Waals surface area (Å²) in [6.45, 7) is 1.62. The molecule has 2 N–H and O–H groups in total. The third-order valence-corrected chi connectivity index (χ3v) is 5.85. The van der Waals surface area contributed by atoms with Crippen LogP contribution in [-0.4, -0.2) is 24.9 Å². The SMILES string of the molecule is COC(=O)c1c(NC(=O)c2cccc(Cl)c2)sc(C(=O)Nc2ccc(Cl)cc2)c1C. The van der Waals surface area contributed by atoms with Gasteiger partial charge in [0, 0.05) is 21.3 Å². The summed E-state index contributed by atoms with van der Waals surface area (Å²) in [5.74, 6) is -1.54. The molecule has 0 aliphatic heterocycles. The molecule has 0 aliphatic rings. The number of nitrogens with one attached hydrogen (secondary N) is 2. The quantitative estimate of drug-likeness (QED) is 0.479. The average Bonchev–Trinajstić information content (AvgIpc) is 3.05. The van der Waals surface area contributed by atoms with E-state index in [0.29, 0.717) is 26.9 Å². The number of amides is 2. The lowest BCUT2D eigenvalue weighted by Crippen LogP contribution is -2.14. The van der Waals surface area contributed by atoms with E-state index < -0.39 is 17.8 Å². The molecule has 2 aromatic carbocycles. The molecular weight excluding hydrogens is 447 g/mol. The highest BCUT2D eigenvalue weighted by atomic mass is 35.5. The molecule has 154 valence electrons. The maximum absolute atomic E-state index is 12.8.